The third-order valence-corrected chi connectivity index (χ3v) is 4.74. The largest absolute Gasteiger partial charge is 0.356 e. The van der Waals surface area contributed by atoms with Crippen molar-refractivity contribution < 1.29 is 0 Å². The van der Waals surface area contributed by atoms with Gasteiger partial charge in [0, 0.05) is 20.1 Å². The predicted molar refractivity (Wildman–Crippen MR) is 116 cm³/mol. The van der Waals surface area contributed by atoms with E-state index in [9.17, 15) is 0 Å². The Balaban J connectivity index is 0.00000243. The highest BCUT2D eigenvalue weighted by Crippen LogP contribution is 2.22. The molecule has 1 aliphatic heterocycles. The molecule has 2 N–H and O–H groups in total. The van der Waals surface area contributed by atoms with Crippen molar-refractivity contribution in [3.63, 3.8) is 0 Å². The van der Waals surface area contributed by atoms with E-state index in [-0.39, 0.29) is 30.0 Å². The highest BCUT2D eigenvalue weighted by molar-refractivity contribution is 14.0. The first-order valence-corrected chi connectivity index (χ1v) is 9.02. The predicted octanol–water partition coefficient (Wildman–Crippen LogP) is 3.32. The Hall–Kier alpha value is -1.64. The first kappa shape index (κ1) is 20.7. The standard InChI is InChI=1S/C19H28N6.HI/c1-13-7-9-16(10-8-13)14(2)12-21-19(20-4)23-17-6-5-11-25-18(17)22-15(3)24-25;/h7-10,14,17H,5-6,11-12H2,1-4H3,(H2,20,21,23);1H. The summed E-state index contributed by atoms with van der Waals surface area (Å²) in [5.41, 5.74) is 2.62. The van der Waals surface area contributed by atoms with E-state index < -0.39 is 0 Å². The van der Waals surface area contributed by atoms with Crippen molar-refractivity contribution in [1.82, 2.24) is 25.4 Å². The second-order valence-electron chi connectivity index (χ2n) is 6.84. The van der Waals surface area contributed by atoms with Gasteiger partial charge in [0.05, 0.1) is 6.04 Å². The molecule has 1 aliphatic rings. The zero-order valence-electron chi connectivity index (χ0n) is 16.0. The number of benzene rings is 1. The molecule has 2 atom stereocenters. The maximum Gasteiger partial charge on any atom is 0.191 e. The van der Waals surface area contributed by atoms with Gasteiger partial charge in [-0.3, -0.25) is 4.99 Å². The number of fused-ring (bicyclic) bond motifs is 1. The van der Waals surface area contributed by atoms with Crippen molar-refractivity contribution in [2.75, 3.05) is 13.6 Å². The summed E-state index contributed by atoms with van der Waals surface area (Å²) in [6.07, 6.45) is 2.15. The molecule has 6 nitrogen and oxygen atoms in total. The molecule has 2 unspecified atom stereocenters. The summed E-state index contributed by atoms with van der Waals surface area (Å²) in [7, 11) is 1.81. The van der Waals surface area contributed by atoms with Crippen LogP contribution in [0.3, 0.4) is 0 Å². The van der Waals surface area contributed by atoms with Gasteiger partial charge in [-0.05, 0) is 38.2 Å². The zero-order valence-corrected chi connectivity index (χ0v) is 18.3. The summed E-state index contributed by atoms with van der Waals surface area (Å²) >= 11 is 0. The molecule has 7 heteroatoms. The third-order valence-electron chi connectivity index (χ3n) is 4.74. The summed E-state index contributed by atoms with van der Waals surface area (Å²) in [4.78, 5) is 8.96. The number of nitrogens with one attached hydrogen (secondary N) is 2. The van der Waals surface area contributed by atoms with Crippen LogP contribution in [-0.2, 0) is 6.54 Å². The van der Waals surface area contributed by atoms with E-state index in [1.807, 2.05) is 18.7 Å². The number of aromatic nitrogens is 3. The molecule has 1 aromatic heterocycles. The van der Waals surface area contributed by atoms with Crippen LogP contribution in [0.15, 0.2) is 29.3 Å². The maximum atomic E-state index is 4.58. The first-order valence-electron chi connectivity index (χ1n) is 9.02. The average Bonchev–Trinajstić information content (AvgIpc) is 3.00. The van der Waals surface area contributed by atoms with Gasteiger partial charge >= 0.3 is 0 Å². The molecule has 0 amide bonds. The molecule has 0 aliphatic carbocycles. The van der Waals surface area contributed by atoms with Gasteiger partial charge in [0.1, 0.15) is 11.6 Å². The van der Waals surface area contributed by atoms with Crippen molar-refractivity contribution in [1.29, 1.82) is 0 Å². The molecular weight excluding hydrogens is 439 g/mol. The van der Waals surface area contributed by atoms with Crippen LogP contribution in [0.1, 0.15) is 54.5 Å². The van der Waals surface area contributed by atoms with Gasteiger partial charge in [-0.1, -0.05) is 36.8 Å². The second-order valence-corrected chi connectivity index (χ2v) is 6.84. The molecule has 1 aromatic carbocycles. The van der Waals surface area contributed by atoms with Gasteiger partial charge in [-0.25, -0.2) is 9.67 Å². The molecule has 2 aromatic rings. The van der Waals surface area contributed by atoms with E-state index in [2.05, 4.69) is 63.8 Å². The van der Waals surface area contributed by atoms with E-state index in [1.165, 1.54) is 11.1 Å². The Bertz CT molecular complexity index is 737. The quantitative estimate of drug-likeness (QED) is 0.411. The lowest BCUT2D eigenvalue weighted by Crippen LogP contribution is -2.42. The monoisotopic (exact) mass is 468 g/mol. The molecule has 3 rings (SSSR count). The molecule has 142 valence electrons. The van der Waals surface area contributed by atoms with Crippen molar-refractivity contribution in [2.24, 2.45) is 4.99 Å². The number of nitrogens with zero attached hydrogens (tertiary/aromatic N) is 4. The van der Waals surface area contributed by atoms with Gasteiger partial charge in [0.2, 0.25) is 0 Å². The van der Waals surface area contributed by atoms with Crippen LogP contribution in [0.25, 0.3) is 0 Å². The van der Waals surface area contributed by atoms with Crippen LogP contribution >= 0.6 is 24.0 Å². The van der Waals surface area contributed by atoms with Crippen LogP contribution in [0.4, 0.5) is 0 Å². The molecule has 0 bridgehead atoms. The number of hydrogen-bond donors (Lipinski definition) is 2. The fourth-order valence-corrected chi connectivity index (χ4v) is 3.23. The topological polar surface area (TPSA) is 67.1 Å². The minimum atomic E-state index is 0. The lowest BCUT2D eigenvalue weighted by atomic mass is 10.0. The first-order chi connectivity index (χ1) is 12.1. The Morgan fingerprint density at radius 1 is 1.31 bits per heavy atom. The van der Waals surface area contributed by atoms with Gasteiger partial charge in [-0.2, -0.15) is 5.10 Å². The fourth-order valence-electron chi connectivity index (χ4n) is 3.23. The van der Waals surface area contributed by atoms with Gasteiger partial charge in [-0.15, -0.1) is 24.0 Å². The molecule has 0 spiro atoms. The highest BCUT2D eigenvalue weighted by Gasteiger charge is 2.24. The summed E-state index contributed by atoms with van der Waals surface area (Å²) in [6.45, 7) is 8.07. The zero-order chi connectivity index (χ0) is 17.8. The lowest BCUT2D eigenvalue weighted by Gasteiger charge is -2.25. The lowest BCUT2D eigenvalue weighted by molar-refractivity contribution is 0.397. The van der Waals surface area contributed by atoms with Crippen LogP contribution < -0.4 is 10.6 Å². The Labute approximate surface area is 172 Å². The fraction of sp³-hybridized carbons (Fsp3) is 0.526. The molecule has 0 fully saturated rings. The van der Waals surface area contributed by atoms with E-state index >= 15 is 0 Å². The van der Waals surface area contributed by atoms with E-state index in [0.29, 0.717) is 5.92 Å². The molecule has 0 saturated carbocycles. The molecular formula is C19H29IN6. The smallest absolute Gasteiger partial charge is 0.191 e. The average molecular weight is 468 g/mol. The third kappa shape index (κ3) is 4.96. The van der Waals surface area contributed by atoms with Gasteiger partial charge in [0.25, 0.3) is 0 Å². The van der Waals surface area contributed by atoms with Crippen molar-refractivity contribution >= 4 is 29.9 Å². The van der Waals surface area contributed by atoms with Crippen molar-refractivity contribution in [3.8, 4) is 0 Å². The summed E-state index contributed by atoms with van der Waals surface area (Å²) in [6, 6.07) is 8.89. The van der Waals surface area contributed by atoms with Crippen LogP contribution in [0, 0.1) is 13.8 Å². The Morgan fingerprint density at radius 3 is 2.73 bits per heavy atom. The number of aliphatic imine (C=N–C) groups is 1. The number of rotatable bonds is 4. The van der Waals surface area contributed by atoms with Gasteiger partial charge < -0.3 is 10.6 Å². The summed E-state index contributed by atoms with van der Waals surface area (Å²) in [5.74, 6) is 3.08. The van der Waals surface area contributed by atoms with Crippen LogP contribution in [0.2, 0.25) is 0 Å². The van der Waals surface area contributed by atoms with Gasteiger partial charge in [0.15, 0.2) is 5.96 Å². The Morgan fingerprint density at radius 2 is 2.04 bits per heavy atom. The van der Waals surface area contributed by atoms with E-state index in [0.717, 1.165) is 43.5 Å². The van der Waals surface area contributed by atoms with E-state index in [1.54, 1.807) is 0 Å². The number of hydrogen-bond acceptors (Lipinski definition) is 3. The Kier molecular flexibility index (Phi) is 7.43. The molecule has 0 saturated heterocycles. The SMILES string of the molecule is CN=C(NCC(C)c1ccc(C)cc1)NC1CCCn2nc(C)nc21.I. The van der Waals surface area contributed by atoms with Crippen molar-refractivity contribution in [2.45, 2.75) is 52.1 Å². The molecule has 26 heavy (non-hydrogen) atoms. The molecule has 0 radical (unpaired) electrons. The summed E-state index contributed by atoms with van der Waals surface area (Å²) < 4.78 is 2.01. The van der Waals surface area contributed by atoms with Crippen molar-refractivity contribution in [3.05, 3.63) is 47.0 Å². The highest BCUT2D eigenvalue weighted by atomic mass is 127. The second kappa shape index (κ2) is 9.34. The van der Waals surface area contributed by atoms with E-state index in [4.69, 9.17) is 0 Å². The number of aryl methyl sites for hydroxylation is 3. The van der Waals surface area contributed by atoms with Crippen LogP contribution in [0.5, 0.6) is 0 Å². The number of guanidine groups is 1. The number of halogens is 1. The maximum absolute atomic E-state index is 4.58. The minimum absolute atomic E-state index is 0. The van der Waals surface area contributed by atoms with Crippen LogP contribution in [-0.4, -0.2) is 34.3 Å². The minimum Gasteiger partial charge on any atom is -0.356 e. The normalized spacial score (nSPS) is 17.8. The summed E-state index contributed by atoms with van der Waals surface area (Å²) in [5, 5.41) is 11.4. The molecule has 2 heterocycles.